The topological polar surface area (TPSA) is 30.2 Å². The predicted molar refractivity (Wildman–Crippen MR) is 59.0 cm³/mol. The number of aldehydes is 1. The molecule has 76 valence electrons. The van der Waals surface area contributed by atoms with Crippen molar-refractivity contribution in [2.75, 3.05) is 0 Å². The third-order valence-electron chi connectivity index (χ3n) is 2.51. The van der Waals surface area contributed by atoms with Gasteiger partial charge in [0.05, 0.1) is 0 Å². The van der Waals surface area contributed by atoms with Crippen LogP contribution in [0.3, 0.4) is 0 Å². The maximum absolute atomic E-state index is 10.8. The monoisotopic (exact) mass is 200 g/mol. The molecule has 0 aliphatic carbocycles. The smallest absolute Gasteiger partial charge is 0.150 e. The van der Waals surface area contributed by atoms with E-state index >= 15 is 0 Å². The lowest BCUT2D eigenvalue weighted by atomic mass is 10.0. The van der Waals surface area contributed by atoms with E-state index in [-0.39, 0.29) is 0 Å². The summed E-state index contributed by atoms with van der Waals surface area (Å²) in [7, 11) is 0. The van der Waals surface area contributed by atoms with Crippen molar-refractivity contribution < 1.29 is 9.21 Å². The first-order chi connectivity index (χ1) is 7.22. The summed E-state index contributed by atoms with van der Waals surface area (Å²) in [6, 6.07) is 9.47. The van der Waals surface area contributed by atoms with E-state index in [1.165, 1.54) is 0 Å². The first kappa shape index (κ1) is 9.71. The Balaban J connectivity index is 2.58. The normalized spacial score (nSPS) is 10.3. The van der Waals surface area contributed by atoms with E-state index < -0.39 is 0 Å². The molecule has 0 amide bonds. The molecular formula is C13H12O2. The van der Waals surface area contributed by atoms with Gasteiger partial charge >= 0.3 is 0 Å². The standard InChI is InChI=1S/C13H12O2/c1-9-6-7-13(15-9)12-5-3-4-11(8-14)10(12)2/h3-8H,1-2H3. The highest BCUT2D eigenvalue weighted by atomic mass is 16.3. The zero-order valence-corrected chi connectivity index (χ0v) is 8.78. The van der Waals surface area contributed by atoms with Crippen LogP contribution in [0.2, 0.25) is 0 Å². The summed E-state index contributed by atoms with van der Waals surface area (Å²) in [5.41, 5.74) is 2.65. The van der Waals surface area contributed by atoms with Gasteiger partial charge in [0.25, 0.3) is 0 Å². The number of hydrogen-bond acceptors (Lipinski definition) is 2. The molecule has 1 aromatic heterocycles. The predicted octanol–water partition coefficient (Wildman–Crippen LogP) is 3.38. The minimum absolute atomic E-state index is 0.710. The summed E-state index contributed by atoms with van der Waals surface area (Å²) in [5, 5.41) is 0. The zero-order valence-electron chi connectivity index (χ0n) is 8.78. The van der Waals surface area contributed by atoms with Crippen LogP contribution in [0.5, 0.6) is 0 Å². The minimum Gasteiger partial charge on any atom is -0.461 e. The van der Waals surface area contributed by atoms with Crippen LogP contribution < -0.4 is 0 Å². The van der Waals surface area contributed by atoms with E-state index in [4.69, 9.17) is 4.42 Å². The van der Waals surface area contributed by atoms with Gasteiger partial charge in [0.1, 0.15) is 17.8 Å². The van der Waals surface area contributed by atoms with Crippen molar-refractivity contribution in [2.24, 2.45) is 0 Å². The first-order valence-corrected chi connectivity index (χ1v) is 4.84. The van der Waals surface area contributed by atoms with Crippen molar-refractivity contribution in [1.29, 1.82) is 0 Å². The van der Waals surface area contributed by atoms with Gasteiger partial charge in [-0.2, -0.15) is 0 Å². The Morgan fingerprint density at radius 1 is 1.13 bits per heavy atom. The van der Waals surface area contributed by atoms with Crippen LogP contribution in [0.15, 0.2) is 34.7 Å². The molecule has 0 spiro atoms. The molecule has 0 N–H and O–H groups in total. The van der Waals surface area contributed by atoms with E-state index in [2.05, 4.69) is 0 Å². The van der Waals surface area contributed by atoms with Gasteiger partial charge in [0.15, 0.2) is 0 Å². The highest BCUT2D eigenvalue weighted by molar-refractivity contribution is 5.81. The molecule has 0 aliphatic rings. The van der Waals surface area contributed by atoms with E-state index in [1.807, 2.05) is 44.2 Å². The molecule has 1 heterocycles. The second kappa shape index (κ2) is 3.73. The van der Waals surface area contributed by atoms with Gasteiger partial charge in [0, 0.05) is 11.1 Å². The Kier molecular flexibility index (Phi) is 2.42. The summed E-state index contributed by atoms with van der Waals surface area (Å²) >= 11 is 0. The summed E-state index contributed by atoms with van der Waals surface area (Å²) in [6.45, 7) is 3.83. The number of hydrogen-bond donors (Lipinski definition) is 0. The highest BCUT2D eigenvalue weighted by Crippen LogP contribution is 2.26. The Hall–Kier alpha value is -1.83. The molecule has 15 heavy (non-hydrogen) atoms. The van der Waals surface area contributed by atoms with Crippen LogP contribution in [-0.4, -0.2) is 6.29 Å². The molecule has 0 atom stereocenters. The third kappa shape index (κ3) is 1.71. The van der Waals surface area contributed by atoms with E-state index in [1.54, 1.807) is 0 Å². The number of carbonyl (C=O) groups is 1. The maximum Gasteiger partial charge on any atom is 0.150 e. The molecule has 0 fully saturated rings. The minimum atomic E-state index is 0.710. The summed E-state index contributed by atoms with van der Waals surface area (Å²) in [6.07, 6.45) is 0.870. The molecular weight excluding hydrogens is 188 g/mol. The summed E-state index contributed by atoms with van der Waals surface area (Å²) in [4.78, 5) is 10.8. The van der Waals surface area contributed by atoms with Crippen molar-refractivity contribution in [3.05, 3.63) is 47.2 Å². The van der Waals surface area contributed by atoms with Crippen LogP contribution in [0.4, 0.5) is 0 Å². The lowest BCUT2D eigenvalue weighted by Crippen LogP contribution is -1.88. The lowest BCUT2D eigenvalue weighted by Gasteiger charge is -2.04. The summed E-state index contributed by atoms with van der Waals surface area (Å²) in [5.74, 6) is 1.69. The van der Waals surface area contributed by atoms with E-state index in [0.717, 1.165) is 28.9 Å². The van der Waals surface area contributed by atoms with Gasteiger partial charge in [-0.25, -0.2) is 0 Å². The molecule has 2 nitrogen and oxygen atoms in total. The number of furan rings is 1. The highest BCUT2D eigenvalue weighted by Gasteiger charge is 2.08. The van der Waals surface area contributed by atoms with Gasteiger partial charge < -0.3 is 4.42 Å². The maximum atomic E-state index is 10.8. The molecule has 0 aliphatic heterocycles. The zero-order chi connectivity index (χ0) is 10.8. The quantitative estimate of drug-likeness (QED) is 0.695. The average Bonchev–Trinajstić information content (AvgIpc) is 2.65. The fourth-order valence-electron chi connectivity index (χ4n) is 1.63. The molecule has 0 bridgehead atoms. The summed E-state index contributed by atoms with van der Waals surface area (Å²) < 4.78 is 5.53. The molecule has 2 heteroatoms. The Morgan fingerprint density at radius 2 is 1.93 bits per heavy atom. The fourth-order valence-corrected chi connectivity index (χ4v) is 1.63. The molecule has 1 aromatic carbocycles. The Morgan fingerprint density at radius 3 is 2.53 bits per heavy atom. The van der Waals surface area contributed by atoms with Crippen LogP contribution in [0.1, 0.15) is 21.7 Å². The first-order valence-electron chi connectivity index (χ1n) is 4.84. The van der Waals surface area contributed by atoms with Crippen LogP contribution in [-0.2, 0) is 0 Å². The largest absolute Gasteiger partial charge is 0.461 e. The number of benzene rings is 1. The van der Waals surface area contributed by atoms with Gasteiger partial charge in [-0.15, -0.1) is 0 Å². The second-order valence-corrected chi connectivity index (χ2v) is 3.55. The molecule has 0 saturated carbocycles. The number of carbonyl (C=O) groups excluding carboxylic acids is 1. The number of aryl methyl sites for hydroxylation is 1. The Bertz CT molecular complexity index is 495. The lowest BCUT2D eigenvalue weighted by molar-refractivity contribution is 0.112. The molecule has 0 saturated heterocycles. The van der Waals surface area contributed by atoms with Crippen molar-refractivity contribution in [3.63, 3.8) is 0 Å². The molecule has 0 unspecified atom stereocenters. The van der Waals surface area contributed by atoms with Crippen LogP contribution in [0, 0.1) is 13.8 Å². The van der Waals surface area contributed by atoms with Crippen molar-refractivity contribution >= 4 is 6.29 Å². The van der Waals surface area contributed by atoms with Crippen molar-refractivity contribution in [3.8, 4) is 11.3 Å². The molecule has 0 radical (unpaired) electrons. The SMILES string of the molecule is Cc1ccc(-c2cccc(C=O)c2C)o1. The van der Waals surface area contributed by atoms with Gasteiger partial charge in [-0.3, -0.25) is 4.79 Å². The van der Waals surface area contributed by atoms with Crippen LogP contribution >= 0.6 is 0 Å². The van der Waals surface area contributed by atoms with Crippen molar-refractivity contribution in [2.45, 2.75) is 13.8 Å². The van der Waals surface area contributed by atoms with E-state index in [9.17, 15) is 4.79 Å². The molecule has 2 rings (SSSR count). The second-order valence-electron chi connectivity index (χ2n) is 3.55. The van der Waals surface area contributed by atoms with Gasteiger partial charge in [-0.1, -0.05) is 18.2 Å². The average molecular weight is 200 g/mol. The van der Waals surface area contributed by atoms with Crippen LogP contribution in [0.25, 0.3) is 11.3 Å². The Labute approximate surface area is 88.5 Å². The van der Waals surface area contributed by atoms with E-state index in [0.29, 0.717) is 5.56 Å². The number of rotatable bonds is 2. The van der Waals surface area contributed by atoms with Gasteiger partial charge in [-0.05, 0) is 31.5 Å². The van der Waals surface area contributed by atoms with Gasteiger partial charge in [0.2, 0.25) is 0 Å². The fraction of sp³-hybridized carbons (Fsp3) is 0.154. The van der Waals surface area contributed by atoms with Crippen molar-refractivity contribution in [1.82, 2.24) is 0 Å². The molecule has 2 aromatic rings. The third-order valence-corrected chi connectivity index (χ3v) is 2.51.